The number of carbonyl (C=O) groups excluding carboxylic acids is 2. The summed E-state index contributed by atoms with van der Waals surface area (Å²) in [5, 5.41) is 2.93. The number of rotatable bonds is 6. The summed E-state index contributed by atoms with van der Waals surface area (Å²) in [6, 6.07) is 12.3. The average Bonchev–Trinajstić information content (AvgIpc) is 2.97. The molecule has 2 aromatic carbocycles. The van der Waals surface area contributed by atoms with Gasteiger partial charge in [0, 0.05) is 11.1 Å². The lowest BCUT2D eigenvalue weighted by Crippen LogP contribution is -2.28. The van der Waals surface area contributed by atoms with Crippen molar-refractivity contribution in [1.29, 1.82) is 0 Å². The Bertz CT molecular complexity index is 833. The van der Waals surface area contributed by atoms with Gasteiger partial charge in [-0.15, -0.1) is 0 Å². The Morgan fingerprint density at radius 1 is 1.19 bits per heavy atom. The fourth-order valence-electron chi connectivity index (χ4n) is 3.10. The smallest absolute Gasteiger partial charge is 0.339 e. The molecule has 6 nitrogen and oxygen atoms in total. The molecule has 6 heteroatoms. The van der Waals surface area contributed by atoms with Crippen LogP contribution in [0.25, 0.3) is 0 Å². The summed E-state index contributed by atoms with van der Waals surface area (Å²) in [5.74, 6) is 0.745. The molecule has 1 aliphatic rings. The largest absolute Gasteiger partial charge is 0.497 e. The Balaban J connectivity index is 1.70. The van der Waals surface area contributed by atoms with E-state index < -0.39 is 6.10 Å². The number of hydrogen-bond acceptors (Lipinski definition) is 5. The summed E-state index contributed by atoms with van der Waals surface area (Å²) in [6.07, 6.45) is -0.488. The second-order valence-electron chi connectivity index (χ2n) is 6.08. The zero-order chi connectivity index (χ0) is 18.7. The van der Waals surface area contributed by atoms with Crippen molar-refractivity contribution < 1.29 is 23.8 Å². The molecule has 0 radical (unpaired) electrons. The van der Waals surface area contributed by atoms with Crippen molar-refractivity contribution in [3.8, 4) is 11.5 Å². The number of ether oxygens (including phenoxy) is 3. The fraction of sp³-hybridized carbons (Fsp3) is 0.300. The van der Waals surface area contributed by atoms with Crippen molar-refractivity contribution >= 4 is 11.9 Å². The van der Waals surface area contributed by atoms with E-state index in [0.717, 1.165) is 11.1 Å². The van der Waals surface area contributed by atoms with Gasteiger partial charge in [-0.25, -0.2) is 4.79 Å². The lowest BCUT2D eigenvalue weighted by molar-refractivity contribution is -0.123. The highest BCUT2D eigenvalue weighted by atomic mass is 16.5. The topological polar surface area (TPSA) is 73.9 Å². The molecule has 0 bridgehead atoms. The minimum absolute atomic E-state index is 0.0688. The Morgan fingerprint density at radius 2 is 1.96 bits per heavy atom. The van der Waals surface area contributed by atoms with E-state index in [1.54, 1.807) is 38.5 Å². The van der Waals surface area contributed by atoms with Gasteiger partial charge in [0.1, 0.15) is 17.6 Å². The summed E-state index contributed by atoms with van der Waals surface area (Å²) in [6.45, 7) is 1.86. The van der Waals surface area contributed by atoms with Crippen LogP contribution in [-0.4, -0.2) is 26.1 Å². The molecule has 1 heterocycles. The lowest BCUT2D eigenvalue weighted by atomic mass is 10.0. The zero-order valence-electron chi connectivity index (χ0n) is 14.9. The number of benzene rings is 2. The van der Waals surface area contributed by atoms with Crippen LogP contribution in [0.2, 0.25) is 0 Å². The standard InChI is InChI=1S/C20H21NO5/c1-12(16-10-13(24-2)8-9-17(16)25-3)21-19(22)11-18-14-6-4-5-7-15(14)20(23)26-18/h4-10,12,18H,11H2,1-3H3,(H,21,22)/t12-,18-/m0/s1. The third-order valence-electron chi connectivity index (χ3n) is 4.43. The molecule has 1 amide bonds. The molecule has 3 rings (SSSR count). The first-order valence-electron chi connectivity index (χ1n) is 8.34. The summed E-state index contributed by atoms with van der Waals surface area (Å²) in [5.41, 5.74) is 2.08. The molecule has 0 spiro atoms. The predicted molar refractivity (Wildman–Crippen MR) is 95.3 cm³/mol. The Labute approximate surface area is 152 Å². The first-order valence-corrected chi connectivity index (χ1v) is 8.34. The van der Waals surface area contributed by atoms with Crippen LogP contribution in [0.1, 0.15) is 47.0 Å². The number of hydrogen-bond donors (Lipinski definition) is 1. The maximum atomic E-state index is 12.5. The molecule has 0 fully saturated rings. The van der Waals surface area contributed by atoms with E-state index in [2.05, 4.69) is 5.32 Å². The second kappa shape index (κ2) is 7.47. The van der Waals surface area contributed by atoms with Crippen LogP contribution in [0.4, 0.5) is 0 Å². The van der Waals surface area contributed by atoms with Gasteiger partial charge >= 0.3 is 5.97 Å². The molecule has 1 N–H and O–H groups in total. The van der Waals surface area contributed by atoms with Gasteiger partial charge in [0.2, 0.25) is 5.91 Å². The molecule has 0 aromatic heterocycles. The van der Waals surface area contributed by atoms with Crippen molar-refractivity contribution in [2.24, 2.45) is 0 Å². The highest BCUT2D eigenvalue weighted by Gasteiger charge is 2.32. The van der Waals surface area contributed by atoms with Crippen LogP contribution in [-0.2, 0) is 9.53 Å². The van der Waals surface area contributed by atoms with Crippen LogP contribution in [0.15, 0.2) is 42.5 Å². The van der Waals surface area contributed by atoms with Gasteiger partial charge in [-0.2, -0.15) is 0 Å². The zero-order valence-corrected chi connectivity index (χ0v) is 14.9. The summed E-state index contributed by atoms with van der Waals surface area (Å²) < 4.78 is 15.9. The molecule has 2 atom stereocenters. The fourth-order valence-corrected chi connectivity index (χ4v) is 3.10. The Kier molecular flexibility index (Phi) is 5.11. The van der Waals surface area contributed by atoms with Gasteiger partial charge in [0.25, 0.3) is 0 Å². The molecular weight excluding hydrogens is 334 g/mol. The third kappa shape index (κ3) is 3.49. The van der Waals surface area contributed by atoms with Crippen molar-refractivity contribution in [2.45, 2.75) is 25.5 Å². The minimum atomic E-state index is -0.557. The van der Waals surface area contributed by atoms with E-state index in [4.69, 9.17) is 14.2 Å². The molecule has 136 valence electrons. The van der Waals surface area contributed by atoms with Crippen molar-refractivity contribution in [3.05, 3.63) is 59.2 Å². The van der Waals surface area contributed by atoms with Crippen LogP contribution >= 0.6 is 0 Å². The minimum Gasteiger partial charge on any atom is -0.497 e. The Morgan fingerprint density at radius 3 is 2.69 bits per heavy atom. The van der Waals surface area contributed by atoms with Gasteiger partial charge in [0.05, 0.1) is 32.2 Å². The molecule has 0 aliphatic carbocycles. The second-order valence-corrected chi connectivity index (χ2v) is 6.08. The van der Waals surface area contributed by atoms with E-state index >= 15 is 0 Å². The quantitative estimate of drug-likeness (QED) is 0.806. The van der Waals surface area contributed by atoms with Gasteiger partial charge in [-0.05, 0) is 31.2 Å². The SMILES string of the molecule is COc1ccc(OC)c([C@H](C)NC(=O)C[C@@H]2OC(=O)c3ccccc32)c1. The number of amides is 1. The van der Waals surface area contributed by atoms with Gasteiger partial charge in [-0.1, -0.05) is 18.2 Å². The van der Waals surface area contributed by atoms with Crippen LogP contribution < -0.4 is 14.8 Å². The molecule has 2 aromatic rings. The molecule has 0 saturated carbocycles. The monoisotopic (exact) mass is 355 g/mol. The van der Waals surface area contributed by atoms with Gasteiger partial charge in [0.15, 0.2) is 0 Å². The van der Waals surface area contributed by atoms with Crippen molar-refractivity contribution in [2.75, 3.05) is 14.2 Å². The summed E-state index contributed by atoms with van der Waals surface area (Å²) in [7, 11) is 3.16. The first-order chi connectivity index (χ1) is 12.5. The highest BCUT2D eigenvalue weighted by Crippen LogP contribution is 2.33. The van der Waals surface area contributed by atoms with Gasteiger partial charge in [-0.3, -0.25) is 4.79 Å². The summed E-state index contributed by atoms with van der Waals surface area (Å²) in [4.78, 5) is 24.3. The van der Waals surface area contributed by atoms with E-state index in [1.165, 1.54) is 0 Å². The Hall–Kier alpha value is -3.02. The number of esters is 1. The van der Waals surface area contributed by atoms with Crippen LogP contribution in [0.5, 0.6) is 11.5 Å². The molecular formula is C20H21NO5. The van der Waals surface area contributed by atoms with Crippen molar-refractivity contribution in [3.63, 3.8) is 0 Å². The van der Waals surface area contributed by atoms with Gasteiger partial charge < -0.3 is 19.5 Å². The van der Waals surface area contributed by atoms with E-state index in [9.17, 15) is 9.59 Å². The maximum Gasteiger partial charge on any atom is 0.339 e. The number of nitrogens with one attached hydrogen (secondary N) is 1. The van der Waals surface area contributed by atoms with Crippen molar-refractivity contribution in [1.82, 2.24) is 5.32 Å². The average molecular weight is 355 g/mol. The number of cyclic esters (lactones) is 1. The molecule has 0 unspecified atom stereocenters. The van der Waals surface area contributed by atoms with E-state index in [-0.39, 0.29) is 24.3 Å². The van der Waals surface area contributed by atoms with E-state index in [1.807, 2.05) is 25.1 Å². The maximum absolute atomic E-state index is 12.5. The number of methoxy groups -OCH3 is 2. The molecule has 26 heavy (non-hydrogen) atoms. The number of fused-ring (bicyclic) bond motifs is 1. The summed E-state index contributed by atoms with van der Waals surface area (Å²) >= 11 is 0. The highest BCUT2D eigenvalue weighted by molar-refractivity contribution is 5.94. The third-order valence-corrected chi connectivity index (χ3v) is 4.43. The van der Waals surface area contributed by atoms with Crippen LogP contribution in [0, 0.1) is 0 Å². The lowest BCUT2D eigenvalue weighted by Gasteiger charge is -2.19. The first kappa shape index (κ1) is 17.8. The molecule has 1 aliphatic heterocycles. The number of carbonyl (C=O) groups is 2. The van der Waals surface area contributed by atoms with Crippen LogP contribution in [0.3, 0.4) is 0 Å². The molecule has 0 saturated heterocycles. The predicted octanol–water partition coefficient (Wildman–Crippen LogP) is 3.18. The van der Waals surface area contributed by atoms with E-state index in [0.29, 0.717) is 17.1 Å². The normalized spacial score (nSPS) is 16.4.